The van der Waals surface area contributed by atoms with Crippen LogP contribution in [-0.2, 0) is 0 Å². The van der Waals surface area contributed by atoms with Crippen molar-refractivity contribution in [1.82, 2.24) is 0 Å². The maximum Gasteiger partial charge on any atom is 0.0524 e. The smallest absolute Gasteiger partial charge is 0.0524 e. The van der Waals surface area contributed by atoms with Gasteiger partial charge < -0.3 is 0 Å². The normalized spacial score (nSPS) is 19.6. The SMILES string of the molecule is CC(C)C1=NC=C2C1=CN=C2C(C)C. The summed E-state index contributed by atoms with van der Waals surface area (Å²) in [5, 5.41) is 0. The number of rotatable bonds is 2. The molecule has 2 aliphatic rings. The van der Waals surface area contributed by atoms with Crippen LogP contribution in [0.15, 0.2) is 33.5 Å². The monoisotopic (exact) mass is 188 g/mol. The molecule has 0 bridgehead atoms. The first-order chi connectivity index (χ1) is 6.61. The predicted molar refractivity (Wildman–Crippen MR) is 60.7 cm³/mol. The van der Waals surface area contributed by atoms with Crippen LogP contribution < -0.4 is 0 Å². The summed E-state index contributed by atoms with van der Waals surface area (Å²) in [6.07, 6.45) is 3.93. The molecule has 0 spiro atoms. The van der Waals surface area contributed by atoms with Crippen molar-refractivity contribution < 1.29 is 0 Å². The Hall–Kier alpha value is -1.18. The second-order valence-corrected chi connectivity index (χ2v) is 4.42. The van der Waals surface area contributed by atoms with Crippen molar-refractivity contribution in [2.24, 2.45) is 21.8 Å². The molecule has 2 aliphatic heterocycles. The molecule has 0 aromatic rings. The van der Waals surface area contributed by atoms with E-state index in [-0.39, 0.29) is 0 Å². The zero-order valence-corrected chi connectivity index (χ0v) is 9.20. The van der Waals surface area contributed by atoms with Gasteiger partial charge >= 0.3 is 0 Å². The lowest BCUT2D eigenvalue weighted by molar-refractivity contribution is 0.885. The highest BCUT2D eigenvalue weighted by molar-refractivity contribution is 6.21. The summed E-state index contributed by atoms with van der Waals surface area (Å²) < 4.78 is 0. The van der Waals surface area contributed by atoms with Gasteiger partial charge in [-0.3, -0.25) is 9.98 Å². The third-order valence-corrected chi connectivity index (χ3v) is 2.60. The van der Waals surface area contributed by atoms with E-state index in [0.717, 1.165) is 0 Å². The fourth-order valence-corrected chi connectivity index (χ4v) is 1.87. The molecule has 0 unspecified atom stereocenters. The molecule has 2 rings (SSSR count). The number of hydrogen-bond donors (Lipinski definition) is 0. The number of nitrogens with zero attached hydrogens (tertiary/aromatic N) is 2. The number of allylic oxidation sites excluding steroid dienone is 2. The summed E-state index contributed by atoms with van der Waals surface area (Å²) >= 11 is 0. The van der Waals surface area contributed by atoms with Crippen LogP contribution in [0.2, 0.25) is 0 Å². The van der Waals surface area contributed by atoms with E-state index in [1.165, 1.54) is 22.6 Å². The molecule has 0 amide bonds. The number of hydrogen-bond acceptors (Lipinski definition) is 2. The highest BCUT2D eigenvalue weighted by atomic mass is 14.8. The first-order valence-electron chi connectivity index (χ1n) is 5.18. The van der Waals surface area contributed by atoms with Gasteiger partial charge in [0, 0.05) is 23.5 Å². The van der Waals surface area contributed by atoms with E-state index in [9.17, 15) is 0 Å². The van der Waals surface area contributed by atoms with Crippen LogP contribution in [0.1, 0.15) is 27.7 Å². The van der Waals surface area contributed by atoms with E-state index in [2.05, 4.69) is 37.7 Å². The zero-order valence-electron chi connectivity index (χ0n) is 9.20. The van der Waals surface area contributed by atoms with Gasteiger partial charge in [0.05, 0.1) is 11.4 Å². The van der Waals surface area contributed by atoms with E-state index in [0.29, 0.717) is 11.8 Å². The van der Waals surface area contributed by atoms with Gasteiger partial charge in [-0.15, -0.1) is 0 Å². The van der Waals surface area contributed by atoms with Crippen LogP contribution in [0.25, 0.3) is 0 Å². The second kappa shape index (κ2) is 3.19. The van der Waals surface area contributed by atoms with Gasteiger partial charge in [-0.25, -0.2) is 0 Å². The molecule has 0 saturated carbocycles. The molecule has 2 heteroatoms. The highest BCUT2D eigenvalue weighted by Crippen LogP contribution is 2.31. The summed E-state index contributed by atoms with van der Waals surface area (Å²) in [6, 6.07) is 0. The van der Waals surface area contributed by atoms with Crippen molar-refractivity contribution in [1.29, 1.82) is 0 Å². The molecule has 0 aliphatic carbocycles. The molecule has 2 nitrogen and oxygen atoms in total. The molecule has 0 N–H and O–H groups in total. The second-order valence-electron chi connectivity index (χ2n) is 4.42. The van der Waals surface area contributed by atoms with Crippen molar-refractivity contribution >= 4 is 11.4 Å². The molecule has 0 fully saturated rings. The Bertz CT molecular complexity index is 341. The molecule has 14 heavy (non-hydrogen) atoms. The Balaban J connectivity index is 2.26. The predicted octanol–water partition coefficient (Wildman–Crippen LogP) is 2.98. The molecule has 0 atom stereocenters. The van der Waals surface area contributed by atoms with E-state index in [1.54, 1.807) is 0 Å². The van der Waals surface area contributed by atoms with E-state index in [4.69, 9.17) is 0 Å². The Morgan fingerprint density at radius 1 is 0.786 bits per heavy atom. The van der Waals surface area contributed by atoms with Gasteiger partial charge in [0.15, 0.2) is 0 Å². The maximum absolute atomic E-state index is 4.46. The number of fused-ring (bicyclic) bond motifs is 1. The van der Waals surface area contributed by atoms with Gasteiger partial charge in [0.1, 0.15) is 0 Å². The van der Waals surface area contributed by atoms with Crippen LogP contribution in [0.4, 0.5) is 0 Å². The van der Waals surface area contributed by atoms with Crippen molar-refractivity contribution in [3.63, 3.8) is 0 Å². The van der Waals surface area contributed by atoms with E-state index >= 15 is 0 Å². The van der Waals surface area contributed by atoms with Crippen molar-refractivity contribution in [3.8, 4) is 0 Å². The summed E-state index contributed by atoms with van der Waals surface area (Å²) in [5.41, 5.74) is 4.84. The molecule has 0 saturated heterocycles. The Morgan fingerprint density at radius 2 is 1.14 bits per heavy atom. The largest absolute Gasteiger partial charge is 0.260 e. The molecule has 0 radical (unpaired) electrons. The van der Waals surface area contributed by atoms with Crippen LogP contribution in [0, 0.1) is 11.8 Å². The van der Waals surface area contributed by atoms with Gasteiger partial charge in [0.2, 0.25) is 0 Å². The van der Waals surface area contributed by atoms with Crippen molar-refractivity contribution in [2.45, 2.75) is 27.7 Å². The lowest BCUT2D eigenvalue weighted by Gasteiger charge is -2.09. The lowest BCUT2D eigenvalue weighted by Crippen LogP contribution is -2.12. The average Bonchev–Trinajstić information content (AvgIpc) is 2.59. The summed E-state index contributed by atoms with van der Waals surface area (Å²) in [7, 11) is 0. The third-order valence-electron chi connectivity index (χ3n) is 2.60. The van der Waals surface area contributed by atoms with Crippen LogP contribution in [0.3, 0.4) is 0 Å². The van der Waals surface area contributed by atoms with Gasteiger partial charge in [0.25, 0.3) is 0 Å². The molecular formula is C12H16N2. The molecule has 74 valence electrons. The van der Waals surface area contributed by atoms with Crippen LogP contribution in [0.5, 0.6) is 0 Å². The van der Waals surface area contributed by atoms with Gasteiger partial charge in [-0.05, 0) is 11.8 Å². The Morgan fingerprint density at radius 3 is 1.43 bits per heavy atom. The van der Waals surface area contributed by atoms with Gasteiger partial charge in [-0.1, -0.05) is 27.7 Å². The first kappa shape index (κ1) is 9.38. The highest BCUT2D eigenvalue weighted by Gasteiger charge is 2.28. The minimum atomic E-state index is 0.483. The fourth-order valence-electron chi connectivity index (χ4n) is 1.87. The third kappa shape index (κ3) is 1.26. The molecule has 0 aromatic heterocycles. The zero-order chi connectivity index (χ0) is 10.3. The summed E-state index contributed by atoms with van der Waals surface area (Å²) in [5.74, 6) is 0.966. The number of aliphatic imine (C=N–C) groups is 2. The van der Waals surface area contributed by atoms with Crippen LogP contribution in [-0.4, -0.2) is 11.4 Å². The first-order valence-corrected chi connectivity index (χ1v) is 5.18. The lowest BCUT2D eigenvalue weighted by atomic mass is 9.92. The molecule has 0 aromatic carbocycles. The molecule has 2 heterocycles. The van der Waals surface area contributed by atoms with E-state index < -0.39 is 0 Å². The molecular weight excluding hydrogens is 172 g/mol. The quantitative estimate of drug-likeness (QED) is 0.636. The van der Waals surface area contributed by atoms with E-state index in [1.807, 2.05) is 12.4 Å². The van der Waals surface area contributed by atoms with Gasteiger partial charge in [-0.2, -0.15) is 0 Å². The summed E-state index contributed by atoms with van der Waals surface area (Å²) in [6.45, 7) is 8.68. The van der Waals surface area contributed by atoms with Crippen molar-refractivity contribution in [2.75, 3.05) is 0 Å². The van der Waals surface area contributed by atoms with Crippen LogP contribution >= 0.6 is 0 Å². The standard InChI is InChI=1S/C12H16N2/c1-7(2)11-9-5-14-12(8(3)4)10(9)6-13-11/h5-8H,1-4H3. The fraction of sp³-hybridized carbons (Fsp3) is 0.500. The van der Waals surface area contributed by atoms with Crippen molar-refractivity contribution in [3.05, 3.63) is 23.5 Å². The minimum Gasteiger partial charge on any atom is -0.260 e. The maximum atomic E-state index is 4.46. The topological polar surface area (TPSA) is 24.7 Å². The Kier molecular flexibility index (Phi) is 2.14. The Labute approximate surface area is 85.2 Å². The average molecular weight is 188 g/mol. The minimum absolute atomic E-state index is 0.483. The summed E-state index contributed by atoms with van der Waals surface area (Å²) in [4.78, 5) is 8.92.